The average molecular weight is 284 g/mol. The van der Waals surface area contributed by atoms with E-state index in [1.54, 1.807) is 30.3 Å². The quantitative estimate of drug-likeness (QED) is 0.588. The van der Waals surface area contributed by atoms with Gasteiger partial charge in [0.25, 0.3) is 0 Å². The van der Waals surface area contributed by atoms with Gasteiger partial charge in [-0.25, -0.2) is 13.2 Å². The van der Waals surface area contributed by atoms with E-state index in [-0.39, 0.29) is 5.82 Å². The molecule has 0 N–H and O–H groups in total. The van der Waals surface area contributed by atoms with Crippen LogP contribution >= 0.6 is 0 Å². The first kappa shape index (κ1) is 13.4. The molecule has 0 fully saturated rings. The minimum atomic E-state index is -0.442. The fraction of sp³-hybridized carbons (Fsp3) is 0. The van der Waals surface area contributed by atoms with Crippen LogP contribution in [-0.2, 0) is 0 Å². The Hall–Kier alpha value is -2.55. The van der Waals surface area contributed by atoms with Gasteiger partial charge in [-0.2, -0.15) is 0 Å². The molecule has 104 valence electrons. The minimum Gasteiger partial charge on any atom is -0.207 e. The fourth-order valence-electron chi connectivity index (χ4n) is 2.23. The molecule has 0 aromatic heterocycles. The molecule has 0 nitrogen and oxygen atoms in total. The summed E-state index contributed by atoms with van der Waals surface area (Å²) in [6, 6.07) is 16.3. The highest BCUT2D eigenvalue weighted by molar-refractivity contribution is 5.71. The fourth-order valence-corrected chi connectivity index (χ4v) is 2.23. The third kappa shape index (κ3) is 2.82. The highest BCUT2D eigenvalue weighted by atomic mass is 19.1. The van der Waals surface area contributed by atoms with Gasteiger partial charge in [0, 0.05) is 5.56 Å². The molecule has 0 amide bonds. The minimum absolute atomic E-state index is 0.334. The van der Waals surface area contributed by atoms with Crippen molar-refractivity contribution < 1.29 is 13.2 Å². The van der Waals surface area contributed by atoms with Crippen molar-refractivity contribution in [3.63, 3.8) is 0 Å². The molecule has 0 aliphatic rings. The summed E-state index contributed by atoms with van der Waals surface area (Å²) >= 11 is 0. The monoisotopic (exact) mass is 284 g/mol. The first-order valence-electron chi connectivity index (χ1n) is 6.45. The van der Waals surface area contributed by atoms with Crippen LogP contribution in [0.5, 0.6) is 0 Å². The van der Waals surface area contributed by atoms with Crippen LogP contribution in [0, 0.1) is 17.5 Å². The zero-order valence-corrected chi connectivity index (χ0v) is 11.0. The Labute approximate surface area is 120 Å². The first-order valence-corrected chi connectivity index (χ1v) is 6.45. The Morgan fingerprint density at radius 3 is 1.90 bits per heavy atom. The number of halogens is 3. The SMILES string of the molecule is Fc1ccc(-c2ccc(-c3cccc(F)c3)c(F)c2)cc1. The summed E-state index contributed by atoms with van der Waals surface area (Å²) in [7, 11) is 0. The molecule has 0 bridgehead atoms. The standard InChI is InChI=1S/C18H11F3/c19-15-7-4-12(5-8-15)13-6-9-17(18(21)11-13)14-2-1-3-16(20)10-14/h1-11H. The van der Waals surface area contributed by atoms with E-state index >= 15 is 0 Å². The predicted octanol–water partition coefficient (Wildman–Crippen LogP) is 5.44. The molecule has 21 heavy (non-hydrogen) atoms. The Balaban J connectivity index is 2.02. The Morgan fingerprint density at radius 2 is 1.24 bits per heavy atom. The zero-order chi connectivity index (χ0) is 14.8. The van der Waals surface area contributed by atoms with E-state index in [1.165, 1.54) is 36.4 Å². The number of hydrogen-bond donors (Lipinski definition) is 0. The normalized spacial score (nSPS) is 10.6. The van der Waals surface area contributed by atoms with Gasteiger partial charge < -0.3 is 0 Å². The van der Waals surface area contributed by atoms with E-state index in [1.807, 2.05) is 0 Å². The van der Waals surface area contributed by atoms with Crippen molar-refractivity contribution >= 4 is 0 Å². The van der Waals surface area contributed by atoms with Gasteiger partial charge in [-0.15, -0.1) is 0 Å². The van der Waals surface area contributed by atoms with E-state index in [4.69, 9.17) is 0 Å². The molecule has 0 unspecified atom stereocenters. The summed E-state index contributed by atoms with van der Waals surface area (Å²) < 4.78 is 40.3. The molecule has 3 aromatic carbocycles. The maximum absolute atomic E-state index is 14.2. The summed E-state index contributed by atoms with van der Waals surface area (Å²) in [5.41, 5.74) is 2.19. The van der Waals surface area contributed by atoms with E-state index in [2.05, 4.69) is 0 Å². The summed E-state index contributed by atoms with van der Waals surface area (Å²) in [5, 5.41) is 0. The van der Waals surface area contributed by atoms with Crippen LogP contribution in [0.1, 0.15) is 0 Å². The smallest absolute Gasteiger partial charge is 0.131 e. The van der Waals surface area contributed by atoms with Gasteiger partial charge in [0.1, 0.15) is 17.5 Å². The second-order valence-electron chi connectivity index (χ2n) is 4.71. The summed E-state index contributed by atoms with van der Waals surface area (Å²) in [5.74, 6) is -1.19. The molecule has 0 heterocycles. The van der Waals surface area contributed by atoms with Crippen molar-refractivity contribution in [3.8, 4) is 22.3 Å². The average Bonchev–Trinajstić information content (AvgIpc) is 2.48. The Bertz CT molecular complexity index is 777. The Morgan fingerprint density at radius 1 is 0.524 bits per heavy atom. The van der Waals surface area contributed by atoms with E-state index in [0.717, 1.165) is 5.56 Å². The molecule has 0 saturated carbocycles. The van der Waals surface area contributed by atoms with E-state index in [9.17, 15) is 13.2 Å². The molecular formula is C18H11F3. The molecule has 0 atom stereocenters. The van der Waals surface area contributed by atoms with Crippen molar-refractivity contribution in [3.05, 3.63) is 84.2 Å². The molecule has 3 rings (SSSR count). The molecule has 0 aliphatic carbocycles. The molecule has 3 aromatic rings. The van der Waals surface area contributed by atoms with Crippen LogP contribution in [0.4, 0.5) is 13.2 Å². The van der Waals surface area contributed by atoms with Crippen LogP contribution in [0.2, 0.25) is 0 Å². The second kappa shape index (κ2) is 5.44. The van der Waals surface area contributed by atoms with Gasteiger partial charge >= 0.3 is 0 Å². The van der Waals surface area contributed by atoms with Crippen molar-refractivity contribution in [2.75, 3.05) is 0 Å². The third-order valence-electron chi connectivity index (χ3n) is 3.28. The molecule has 0 spiro atoms. The van der Waals surface area contributed by atoms with Gasteiger partial charge in [0.05, 0.1) is 0 Å². The molecular weight excluding hydrogens is 273 g/mol. The first-order chi connectivity index (χ1) is 10.1. The van der Waals surface area contributed by atoms with Crippen molar-refractivity contribution in [1.82, 2.24) is 0 Å². The van der Waals surface area contributed by atoms with Crippen LogP contribution in [0.25, 0.3) is 22.3 Å². The maximum atomic E-state index is 14.2. The van der Waals surface area contributed by atoms with Crippen LogP contribution < -0.4 is 0 Å². The van der Waals surface area contributed by atoms with E-state index in [0.29, 0.717) is 16.7 Å². The van der Waals surface area contributed by atoms with Crippen LogP contribution in [0.15, 0.2) is 66.7 Å². The van der Waals surface area contributed by atoms with Gasteiger partial charge in [0.15, 0.2) is 0 Å². The Kier molecular flexibility index (Phi) is 3.48. The lowest BCUT2D eigenvalue weighted by Crippen LogP contribution is -1.87. The van der Waals surface area contributed by atoms with Crippen molar-refractivity contribution in [2.24, 2.45) is 0 Å². The second-order valence-corrected chi connectivity index (χ2v) is 4.71. The van der Waals surface area contributed by atoms with Gasteiger partial charge in [-0.3, -0.25) is 0 Å². The highest BCUT2D eigenvalue weighted by Crippen LogP contribution is 2.28. The van der Waals surface area contributed by atoms with Gasteiger partial charge in [-0.05, 0) is 47.0 Å². The number of hydrogen-bond acceptors (Lipinski definition) is 0. The van der Waals surface area contributed by atoms with Crippen molar-refractivity contribution in [1.29, 1.82) is 0 Å². The number of rotatable bonds is 2. The summed E-state index contributed by atoms with van der Waals surface area (Å²) in [4.78, 5) is 0. The predicted molar refractivity (Wildman–Crippen MR) is 77.2 cm³/mol. The molecule has 0 saturated heterocycles. The lowest BCUT2D eigenvalue weighted by Gasteiger charge is -2.07. The molecule has 0 aliphatic heterocycles. The van der Waals surface area contributed by atoms with Gasteiger partial charge in [-0.1, -0.05) is 36.4 Å². The lowest BCUT2D eigenvalue weighted by molar-refractivity contribution is 0.625. The van der Waals surface area contributed by atoms with Crippen molar-refractivity contribution in [2.45, 2.75) is 0 Å². The molecule has 3 heteroatoms. The summed E-state index contributed by atoms with van der Waals surface area (Å²) in [6.07, 6.45) is 0. The highest BCUT2D eigenvalue weighted by Gasteiger charge is 2.08. The lowest BCUT2D eigenvalue weighted by atomic mass is 9.99. The molecule has 0 radical (unpaired) electrons. The van der Waals surface area contributed by atoms with Gasteiger partial charge in [0.2, 0.25) is 0 Å². The topological polar surface area (TPSA) is 0 Å². The van der Waals surface area contributed by atoms with Crippen LogP contribution in [-0.4, -0.2) is 0 Å². The summed E-state index contributed by atoms with van der Waals surface area (Å²) in [6.45, 7) is 0. The van der Waals surface area contributed by atoms with Crippen LogP contribution in [0.3, 0.4) is 0 Å². The zero-order valence-electron chi connectivity index (χ0n) is 11.0. The number of benzene rings is 3. The maximum Gasteiger partial charge on any atom is 0.131 e. The largest absolute Gasteiger partial charge is 0.207 e. The third-order valence-corrected chi connectivity index (χ3v) is 3.28. The van der Waals surface area contributed by atoms with E-state index < -0.39 is 11.6 Å².